The van der Waals surface area contributed by atoms with Gasteiger partial charge in [0, 0.05) is 43.1 Å². The van der Waals surface area contributed by atoms with Gasteiger partial charge in [0.25, 0.3) is 0 Å². The number of benzene rings is 1. The van der Waals surface area contributed by atoms with Crippen LogP contribution in [-0.4, -0.2) is 46.3 Å². The Balaban J connectivity index is 1.78. The highest BCUT2D eigenvalue weighted by Crippen LogP contribution is 2.35. The van der Waals surface area contributed by atoms with Crippen LogP contribution in [0.2, 0.25) is 0 Å². The SMILES string of the molecule is CCC(C)C(=O)N(C)CC(C)Nc1nc(Nc2ccc3c(c2)CC(=O)N3)ncc1C(F)(F)F. The van der Waals surface area contributed by atoms with E-state index in [9.17, 15) is 22.8 Å². The highest BCUT2D eigenvalue weighted by Gasteiger charge is 2.36. The Morgan fingerprint density at radius 2 is 2.03 bits per heavy atom. The van der Waals surface area contributed by atoms with Gasteiger partial charge in [0.15, 0.2) is 0 Å². The molecule has 2 aromatic rings. The fourth-order valence-corrected chi connectivity index (χ4v) is 3.53. The number of likely N-dealkylation sites (N-methyl/N-ethyl adjacent to an activating group) is 1. The topological polar surface area (TPSA) is 99.3 Å². The minimum absolute atomic E-state index is 0.0287. The van der Waals surface area contributed by atoms with Crippen molar-refractivity contribution in [3.8, 4) is 0 Å². The fourth-order valence-electron chi connectivity index (χ4n) is 3.53. The summed E-state index contributed by atoms with van der Waals surface area (Å²) in [6.07, 6.45) is -3.03. The molecule has 2 unspecified atom stereocenters. The highest BCUT2D eigenvalue weighted by molar-refractivity contribution is 5.99. The van der Waals surface area contributed by atoms with Crippen LogP contribution < -0.4 is 16.0 Å². The van der Waals surface area contributed by atoms with Crippen LogP contribution in [0.4, 0.5) is 36.3 Å². The maximum atomic E-state index is 13.5. The summed E-state index contributed by atoms with van der Waals surface area (Å²) < 4.78 is 40.6. The molecule has 0 fully saturated rings. The average Bonchev–Trinajstić information content (AvgIpc) is 3.11. The molecule has 0 spiro atoms. The van der Waals surface area contributed by atoms with Crippen LogP contribution in [0, 0.1) is 5.92 Å². The van der Waals surface area contributed by atoms with E-state index in [0.29, 0.717) is 17.8 Å². The second kappa shape index (κ2) is 9.63. The Morgan fingerprint density at radius 3 is 2.70 bits per heavy atom. The number of aromatic nitrogens is 2. The van der Waals surface area contributed by atoms with Crippen LogP contribution in [0.25, 0.3) is 0 Å². The lowest BCUT2D eigenvalue weighted by atomic mass is 10.1. The summed E-state index contributed by atoms with van der Waals surface area (Å²) in [4.78, 5) is 33.2. The maximum absolute atomic E-state index is 13.5. The van der Waals surface area contributed by atoms with Gasteiger partial charge in [0.2, 0.25) is 17.8 Å². The molecule has 3 rings (SSSR count). The lowest BCUT2D eigenvalue weighted by Crippen LogP contribution is -2.39. The van der Waals surface area contributed by atoms with Gasteiger partial charge in [-0.05, 0) is 37.1 Å². The number of rotatable bonds is 8. The average molecular weight is 464 g/mol. The van der Waals surface area contributed by atoms with Gasteiger partial charge in [-0.2, -0.15) is 18.2 Å². The van der Waals surface area contributed by atoms with Crippen LogP contribution in [0.1, 0.15) is 38.3 Å². The van der Waals surface area contributed by atoms with Gasteiger partial charge < -0.3 is 20.9 Å². The summed E-state index contributed by atoms with van der Waals surface area (Å²) in [6, 6.07) is 4.61. The summed E-state index contributed by atoms with van der Waals surface area (Å²) in [5, 5.41) is 8.38. The molecule has 8 nitrogen and oxygen atoms in total. The third-order valence-electron chi connectivity index (χ3n) is 5.42. The van der Waals surface area contributed by atoms with Crippen molar-refractivity contribution >= 4 is 35.0 Å². The van der Waals surface area contributed by atoms with Crippen molar-refractivity contribution in [3.63, 3.8) is 0 Å². The van der Waals surface area contributed by atoms with E-state index in [1.807, 2.05) is 13.8 Å². The van der Waals surface area contributed by atoms with Crippen LogP contribution >= 0.6 is 0 Å². The predicted octanol–water partition coefficient (Wildman–Crippen LogP) is 4.04. The lowest BCUT2D eigenvalue weighted by Gasteiger charge is -2.26. The Kier molecular flexibility index (Phi) is 7.09. The minimum atomic E-state index is -4.65. The fraction of sp³-hybridized carbons (Fsp3) is 0.455. The molecular formula is C22H27F3N6O2. The molecule has 33 heavy (non-hydrogen) atoms. The number of carbonyl (C=O) groups excluding carboxylic acids is 2. The third-order valence-corrected chi connectivity index (χ3v) is 5.42. The smallest absolute Gasteiger partial charge is 0.365 e. The highest BCUT2D eigenvalue weighted by atomic mass is 19.4. The van der Waals surface area contributed by atoms with Crippen LogP contribution in [-0.2, 0) is 22.2 Å². The van der Waals surface area contributed by atoms with Crippen molar-refractivity contribution in [2.24, 2.45) is 5.92 Å². The van der Waals surface area contributed by atoms with Gasteiger partial charge in [-0.25, -0.2) is 4.98 Å². The molecule has 2 amide bonds. The number of hydrogen-bond acceptors (Lipinski definition) is 6. The Morgan fingerprint density at radius 1 is 1.30 bits per heavy atom. The molecule has 0 bridgehead atoms. The van der Waals surface area contributed by atoms with Crippen molar-refractivity contribution in [3.05, 3.63) is 35.5 Å². The van der Waals surface area contributed by atoms with Crippen LogP contribution in [0.3, 0.4) is 0 Å². The van der Waals surface area contributed by atoms with Crippen molar-refractivity contribution < 1.29 is 22.8 Å². The number of anilines is 4. The monoisotopic (exact) mass is 464 g/mol. The molecule has 1 aromatic heterocycles. The number of nitrogens with one attached hydrogen (secondary N) is 3. The first kappa shape index (κ1) is 24.3. The summed E-state index contributed by atoms with van der Waals surface area (Å²) in [5.74, 6) is -0.767. The third kappa shape index (κ3) is 5.91. The van der Waals surface area contributed by atoms with E-state index in [2.05, 4.69) is 25.9 Å². The van der Waals surface area contributed by atoms with E-state index in [0.717, 1.165) is 11.8 Å². The standard InChI is InChI=1S/C22H27F3N6O2/c1-5-12(2)20(33)31(4)11-13(3)27-19-16(22(23,24)25)10-26-21(30-19)28-15-6-7-17-14(8-15)9-18(32)29-17/h6-8,10,12-13H,5,9,11H2,1-4H3,(H,29,32)(H2,26,27,28,30). The zero-order valence-electron chi connectivity index (χ0n) is 18.9. The van der Waals surface area contributed by atoms with Crippen molar-refractivity contribution in [1.29, 1.82) is 0 Å². The number of fused-ring (bicyclic) bond motifs is 1. The van der Waals surface area contributed by atoms with E-state index >= 15 is 0 Å². The van der Waals surface area contributed by atoms with Gasteiger partial charge in [-0.15, -0.1) is 0 Å². The molecule has 1 aliphatic rings. The van der Waals surface area contributed by atoms with Gasteiger partial charge in [-0.1, -0.05) is 13.8 Å². The van der Waals surface area contributed by atoms with Gasteiger partial charge >= 0.3 is 6.18 Å². The largest absolute Gasteiger partial charge is 0.421 e. The quantitative estimate of drug-likeness (QED) is 0.545. The van der Waals surface area contributed by atoms with E-state index in [4.69, 9.17) is 0 Å². The number of carbonyl (C=O) groups is 2. The summed E-state index contributed by atoms with van der Waals surface area (Å²) in [7, 11) is 1.62. The van der Waals surface area contributed by atoms with Crippen molar-refractivity contribution in [1.82, 2.24) is 14.9 Å². The predicted molar refractivity (Wildman–Crippen MR) is 119 cm³/mol. The number of hydrogen-bond donors (Lipinski definition) is 3. The summed E-state index contributed by atoms with van der Waals surface area (Å²) in [5.41, 5.74) is 1.02. The molecule has 0 aliphatic carbocycles. The maximum Gasteiger partial charge on any atom is 0.421 e. The van der Waals surface area contributed by atoms with Crippen LogP contribution in [0.15, 0.2) is 24.4 Å². The first-order valence-corrected chi connectivity index (χ1v) is 10.6. The number of nitrogens with zero attached hydrogens (tertiary/aromatic N) is 3. The molecule has 11 heteroatoms. The van der Waals surface area contributed by atoms with E-state index in [1.165, 1.54) is 4.90 Å². The van der Waals surface area contributed by atoms with Gasteiger partial charge in [-0.3, -0.25) is 9.59 Å². The molecule has 2 atom stereocenters. The Labute approximate surface area is 190 Å². The van der Waals surface area contributed by atoms with Gasteiger partial charge in [0.05, 0.1) is 6.42 Å². The van der Waals surface area contributed by atoms with Crippen LogP contribution in [0.5, 0.6) is 0 Å². The molecule has 178 valence electrons. The minimum Gasteiger partial charge on any atom is -0.365 e. The molecule has 0 saturated carbocycles. The zero-order valence-corrected chi connectivity index (χ0v) is 18.9. The molecule has 2 heterocycles. The second-order valence-electron chi connectivity index (χ2n) is 8.25. The Hall–Kier alpha value is -3.37. The van der Waals surface area contributed by atoms with Crippen molar-refractivity contribution in [2.45, 2.75) is 45.8 Å². The van der Waals surface area contributed by atoms with E-state index < -0.39 is 17.8 Å². The molecule has 0 saturated heterocycles. The number of amides is 2. The first-order chi connectivity index (χ1) is 15.5. The van der Waals surface area contributed by atoms with Crippen molar-refractivity contribution in [2.75, 3.05) is 29.5 Å². The molecule has 1 aliphatic heterocycles. The molecule has 3 N–H and O–H groups in total. The lowest BCUT2D eigenvalue weighted by molar-refractivity contribution is -0.137. The molecular weight excluding hydrogens is 437 g/mol. The summed E-state index contributed by atoms with van der Waals surface area (Å²) in [6.45, 7) is 5.60. The van der Waals surface area contributed by atoms with Gasteiger partial charge in [0.1, 0.15) is 11.4 Å². The second-order valence-corrected chi connectivity index (χ2v) is 8.25. The van der Waals surface area contributed by atoms with E-state index in [-0.39, 0.29) is 42.5 Å². The molecule has 1 aromatic carbocycles. The first-order valence-electron chi connectivity index (χ1n) is 10.6. The normalized spacial score (nSPS) is 14.8. The number of alkyl halides is 3. The summed E-state index contributed by atoms with van der Waals surface area (Å²) >= 11 is 0. The molecule has 0 radical (unpaired) electrons. The van der Waals surface area contributed by atoms with E-state index in [1.54, 1.807) is 32.2 Å². The zero-order chi connectivity index (χ0) is 24.3. The Bertz CT molecular complexity index is 1040. The number of halogens is 3.